The Labute approximate surface area is 108 Å². The Bertz CT molecular complexity index is 765. The summed E-state index contributed by atoms with van der Waals surface area (Å²) in [6.45, 7) is 0. The zero-order valence-electron chi connectivity index (χ0n) is 9.25. The molecule has 0 spiro atoms. The Hall–Kier alpha value is -2.20. The fourth-order valence-electron chi connectivity index (χ4n) is 1.82. The van der Waals surface area contributed by atoms with Gasteiger partial charge < -0.3 is 0 Å². The number of rotatable bonds is 1. The molecule has 0 aliphatic carbocycles. The molecule has 0 radical (unpaired) electrons. The van der Waals surface area contributed by atoms with Gasteiger partial charge in [-0.05, 0) is 30.3 Å². The SMILES string of the molecule is O=c1ccc2cccnc2n1-c1ccc(Cl)nc1. The first-order chi connectivity index (χ1) is 8.75. The van der Waals surface area contributed by atoms with Crippen LogP contribution in [0.3, 0.4) is 0 Å². The Morgan fingerprint density at radius 3 is 2.72 bits per heavy atom. The molecule has 0 saturated heterocycles. The van der Waals surface area contributed by atoms with Crippen LogP contribution in [0.2, 0.25) is 5.15 Å². The van der Waals surface area contributed by atoms with Crippen LogP contribution in [0.15, 0.2) is 53.6 Å². The van der Waals surface area contributed by atoms with Gasteiger partial charge in [0.15, 0.2) is 0 Å². The summed E-state index contributed by atoms with van der Waals surface area (Å²) >= 11 is 5.74. The highest BCUT2D eigenvalue weighted by Crippen LogP contribution is 2.14. The first-order valence-corrected chi connectivity index (χ1v) is 5.72. The molecule has 18 heavy (non-hydrogen) atoms. The molecule has 0 bridgehead atoms. The van der Waals surface area contributed by atoms with Crippen molar-refractivity contribution < 1.29 is 0 Å². The first-order valence-electron chi connectivity index (χ1n) is 5.34. The molecule has 3 aromatic heterocycles. The molecule has 0 N–H and O–H groups in total. The molecule has 0 aromatic carbocycles. The van der Waals surface area contributed by atoms with E-state index < -0.39 is 0 Å². The minimum atomic E-state index is -0.148. The number of nitrogens with zero attached hydrogens (tertiary/aromatic N) is 3. The van der Waals surface area contributed by atoms with E-state index in [0.29, 0.717) is 16.5 Å². The third-order valence-corrected chi connectivity index (χ3v) is 2.85. The van der Waals surface area contributed by atoms with Crippen LogP contribution in [-0.4, -0.2) is 14.5 Å². The van der Waals surface area contributed by atoms with Gasteiger partial charge in [-0.1, -0.05) is 11.6 Å². The van der Waals surface area contributed by atoms with Crippen LogP contribution in [0, 0.1) is 0 Å². The third kappa shape index (κ3) is 1.76. The number of hydrogen-bond acceptors (Lipinski definition) is 3. The molecule has 0 unspecified atom stereocenters. The van der Waals surface area contributed by atoms with Crippen LogP contribution in [-0.2, 0) is 0 Å². The summed E-state index contributed by atoms with van der Waals surface area (Å²) in [7, 11) is 0. The normalized spacial score (nSPS) is 10.7. The maximum Gasteiger partial charge on any atom is 0.256 e. The zero-order valence-corrected chi connectivity index (χ0v) is 10.0. The van der Waals surface area contributed by atoms with Crippen molar-refractivity contribution in [1.29, 1.82) is 0 Å². The van der Waals surface area contributed by atoms with Gasteiger partial charge in [0.25, 0.3) is 5.56 Å². The molecule has 3 rings (SSSR count). The largest absolute Gasteiger partial charge is 0.269 e. The van der Waals surface area contributed by atoms with Crippen LogP contribution < -0.4 is 5.56 Å². The van der Waals surface area contributed by atoms with E-state index in [0.717, 1.165) is 5.39 Å². The topological polar surface area (TPSA) is 47.8 Å². The van der Waals surface area contributed by atoms with Crippen molar-refractivity contribution in [2.24, 2.45) is 0 Å². The van der Waals surface area contributed by atoms with E-state index in [2.05, 4.69) is 9.97 Å². The Balaban J connectivity index is 2.37. The lowest BCUT2D eigenvalue weighted by Crippen LogP contribution is -2.18. The highest BCUT2D eigenvalue weighted by Gasteiger charge is 2.06. The highest BCUT2D eigenvalue weighted by atomic mass is 35.5. The average Bonchev–Trinajstić information content (AvgIpc) is 2.40. The maximum absolute atomic E-state index is 12.0. The summed E-state index contributed by atoms with van der Waals surface area (Å²) in [4.78, 5) is 20.2. The Morgan fingerprint density at radius 2 is 1.94 bits per heavy atom. The second-order valence-corrected chi connectivity index (χ2v) is 4.15. The lowest BCUT2D eigenvalue weighted by molar-refractivity contribution is 1.00. The lowest BCUT2D eigenvalue weighted by Gasteiger charge is -2.08. The zero-order chi connectivity index (χ0) is 12.5. The van der Waals surface area contributed by atoms with Crippen LogP contribution >= 0.6 is 11.6 Å². The number of aromatic nitrogens is 3. The van der Waals surface area contributed by atoms with E-state index >= 15 is 0 Å². The summed E-state index contributed by atoms with van der Waals surface area (Å²) in [5, 5.41) is 1.28. The number of pyridine rings is 3. The van der Waals surface area contributed by atoms with Gasteiger partial charge in [0, 0.05) is 17.6 Å². The van der Waals surface area contributed by atoms with Gasteiger partial charge >= 0.3 is 0 Å². The summed E-state index contributed by atoms with van der Waals surface area (Å²) < 4.78 is 1.51. The molecular formula is C13H8ClN3O. The summed E-state index contributed by atoms with van der Waals surface area (Å²) in [5.74, 6) is 0. The number of fused-ring (bicyclic) bond motifs is 1. The van der Waals surface area contributed by atoms with Gasteiger partial charge in [0.2, 0.25) is 0 Å². The fraction of sp³-hybridized carbons (Fsp3) is 0. The molecular weight excluding hydrogens is 250 g/mol. The lowest BCUT2D eigenvalue weighted by atomic mass is 10.2. The Morgan fingerprint density at radius 1 is 1.06 bits per heavy atom. The third-order valence-electron chi connectivity index (χ3n) is 2.62. The fourth-order valence-corrected chi connectivity index (χ4v) is 1.93. The monoisotopic (exact) mass is 257 g/mol. The van der Waals surface area contributed by atoms with E-state index in [1.165, 1.54) is 10.6 Å². The minimum Gasteiger partial charge on any atom is -0.269 e. The summed E-state index contributed by atoms with van der Waals surface area (Å²) in [6.07, 6.45) is 3.21. The van der Waals surface area contributed by atoms with Crippen LogP contribution in [0.4, 0.5) is 0 Å². The molecule has 0 aliphatic rings. The second kappa shape index (κ2) is 4.23. The Kier molecular flexibility index (Phi) is 2.57. The number of hydrogen-bond donors (Lipinski definition) is 0. The average molecular weight is 258 g/mol. The van der Waals surface area contributed by atoms with Crippen molar-refractivity contribution in [2.75, 3.05) is 0 Å². The minimum absolute atomic E-state index is 0.148. The van der Waals surface area contributed by atoms with Crippen LogP contribution in [0.5, 0.6) is 0 Å². The van der Waals surface area contributed by atoms with E-state index in [1.54, 1.807) is 30.6 Å². The van der Waals surface area contributed by atoms with Gasteiger partial charge in [-0.2, -0.15) is 0 Å². The molecule has 0 atom stereocenters. The molecule has 88 valence electrons. The molecule has 0 amide bonds. The molecule has 0 fully saturated rings. The van der Waals surface area contributed by atoms with Crippen LogP contribution in [0.1, 0.15) is 0 Å². The van der Waals surface area contributed by atoms with E-state index in [1.807, 2.05) is 12.1 Å². The van der Waals surface area contributed by atoms with E-state index in [9.17, 15) is 4.79 Å². The van der Waals surface area contributed by atoms with Crippen molar-refractivity contribution in [1.82, 2.24) is 14.5 Å². The van der Waals surface area contributed by atoms with Gasteiger partial charge in [-0.3, -0.25) is 9.36 Å². The first kappa shape index (κ1) is 10.9. The standard InChI is InChI=1S/C13H8ClN3O/c14-11-5-4-10(8-16-11)17-12(18)6-3-9-2-1-7-15-13(9)17/h1-8H. The van der Waals surface area contributed by atoms with Crippen molar-refractivity contribution in [3.05, 3.63) is 64.3 Å². The smallest absolute Gasteiger partial charge is 0.256 e. The van der Waals surface area contributed by atoms with Crippen LogP contribution in [0.25, 0.3) is 16.7 Å². The second-order valence-electron chi connectivity index (χ2n) is 3.76. The molecule has 5 heteroatoms. The van der Waals surface area contributed by atoms with Crippen molar-refractivity contribution in [2.45, 2.75) is 0 Å². The van der Waals surface area contributed by atoms with Gasteiger partial charge in [-0.25, -0.2) is 9.97 Å². The van der Waals surface area contributed by atoms with Gasteiger partial charge in [0.05, 0.1) is 11.9 Å². The van der Waals surface area contributed by atoms with Crippen molar-refractivity contribution in [3.63, 3.8) is 0 Å². The molecule has 0 saturated carbocycles. The molecule has 0 aliphatic heterocycles. The van der Waals surface area contributed by atoms with Gasteiger partial charge in [0.1, 0.15) is 10.8 Å². The highest BCUT2D eigenvalue weighted by molar-refractivity contribution is 6.29. The number of halogens is 1. The molecule has 4 nitrogen and oxygen atoms in total. The summed E-state index contributed by atoms with van der Waals surface area (Å²) in [6, 6.07) is 10.4. The van der Waals surface area contributed by atoms with E-state index in [4.69, 9.17) is 11.6 Å². The quantitative estimate of drug-likeness (QED) is 0.629. The molecule has 3 aromatic rings. The summed E-state index contributed by atoms with van der Waals surface area (Å²) in [5.41, 5.74) is 1.10. The van der Waals surface area contributed by atoms with Crippen molar-refractivity contribution in [3.8, 4) is 5.69 Å². The van der Waals surface area contributed by atoms with E-state index in [-0.39, 0.29) is 5.56 Å². The van der Waals surface area contributed by atoms with Gasteiger partial charge in [-0.15, -0.1) is 0 Å². The molecule has 3 heterocycles. The predicted molar refractivity (Wildman–Crippen MR) is 70.1 cm³/mol. The predicted octanol–water partition coefficient (Wildman–Crippen LogP) is 2.43. The maximum atomic E-state index is 12.0. The van der Waals surface area contributed by atoms with Crippen molar-refractivity contribution >= 4 is 22.6 Å².